The number of benzene rings is 2. The number of Topliss-reactive ketones (excluding diaryl/α,β-unsaturated/α-hetero) is 1. The Balaban J connectivity index is 1.42. The van der Waals surface area contributed by atoms with Crippen LogP contribution in [-0.2, 0) is 22.5 Å². The van der Waals surface area contributed by atoms with E-state index in [9.17, 15) is 9.59 Å². The van der Waals surface area contributed by atoms with Crippen LogP contribution in [0.25, 0.3) is 4.85 Å². The molecule has 0 radical (unpaired) electrons. The average Bonchev–Trinajstić information content (AvgIpc) is 2.87. The molecule has 0 unspecified atom stereocenters. The van der Waals surface area contributed by atoms with Crippen LogP contribution in [0.1, 0.15) is 46.8 Å². The molecule has 2 aromatic rings. The quantitative estimate of drug-likeness (QED) is 0.416. The number of carbonyl (C=O) groups excluding carboxylic acids is 2. The molecule has 1 atom stereocenters. The van der Waals surface area contributed by atoms with Crippen molar-refractivity contribution < 1.29 is 14.3 Å². The van der Waals surface area contributed by atoms with Crippen molar-refractivity contribution in [1.29, 1.82) is 0 Å². The Morgan fingerprint density at radius 3 is 2.60 bits per heavy atom. The zero-order valence-electron chi connectivity index (χ0n) is 20.4. The zero-order chi connectivity index (χ0) is 24.9. The van der Waals surface area contributed by atoms with Crippen molar-refractivity contribution in [2.45, 2.75) is 45.7 Å². The topological polar surface area (TPSA) is 54.2 Å². The van der Waals surface area contributed by atoms with Gasteiger partial charge in [0.25, 0.3) is 0 Å². The first kappa shape index (κ1) is 25.4. The van der Waals surface area contributed by atoms with Crippen LogP contribution in [-0.4, -0.2) is 60.4 Å². The fraction of sp³-hybridized carbons (Fsp3) is 0.464. The number of ketones is 1. The average molecular weight is 494 g/mol. The fourth-order valence-corrected chi connectivity index (χ4v) is 5.36. The van der Waals surface area contributed by atoms with Gasteiger partial charge in [0.05, 0.1) is 6.57 Å². The Hall–Kier alpha value is -2.72. The third-order valence-electron chi connectivity index (χ3n) is 7.19. The molecule has 2 saturated heterocycles. The Morgan fingerprint density at radius 1 is 1.14 bits per heavy atom. The van der Waals surface area contributed by atoms with Crippen molar-refractivity contribution in [2.24, 2.45) is 5.92 Å². The van der Waals surface area contributed by atoms with E-state index < -0.39 is 0 Å². The SMILES string of the molecule is [C-]#[N+]c1cccc(C(=O)Cc2cc(Cl)cc(CN3CCN(C(=O)C4CCOCC4)[C@@H](C)C3)c2C)c1. The predicted octanol–water partition coefficient (Wildman–Crippen LogP) is 5.08. The van der Waals surface area contributed by atoms with Crippen LogP contribution < -0.4 is 0 Å². The summed E-state index contributed by atoms with van der Waals surface area (Å²) < 4.78 is 5.41. The Kier molecular flexibility index (Phi) is 8.22. The van der Waals surface area contributed by atoms with Gasteiger partial charge in [0.2, 0.25) is 5.91 Å². The number of ether oxygens (including phenoxy) is 1. The second-order valence-corrected chi connectivity index (χ2v) is 10.0. The molecule has 0 aliphatic carbocycles. The molecule has 7 heteroatoms. The number of nitrogens with zero attached hydrogens (tertiary/aromatic N) is 3. The van der Waals surface area contributed by atoms with Gasteiger partial charge in [-0.2, -0.15) is 0 Å². The highest BCUT2D eigenvalue weighted by molar-refractivity contribution is 6.30. The second kappa shape index (κ2) is 11.3. The van der Waals surface area contributed by atoms with Crippen LogP contribution in [0.5, 0.6) is 0 Å². The maximum Gasteiger partial charge on any atom is 0.226 e. The van der Waals surface area contributed by atoms with Crippen molar-refractivity contribution in [3.05, 3.63) is 75.1 Å². The molecular formula is C28H32ClN3O3. The van der Waals surface area contributed by atoms with Gasteiger partial charge in [0, 0.05) is 68.4 Å². The standard InChI is InChI=1S/C28H32ClN3O3/c1-19-17-31(9-10-32(19)28(34)21-7-11-35-12-8-21)18-24-14-25(29)13-23(20(24)2)16-27(33)22-5-4-6-26(15-22)30-3/h4-6,13-15,19,21H,7-12,16-18H2,1-2H3/t19-/m0/s1. The minimum absolute atomic E-state index is 0.0271. The first-order valence-electron chi connectivity index (χ1n) is 12.2. The molecule has 184 valence electrons. The molecule has 1 amide bonds. The Bertz CT molecular complexity index is 1140. The Morgan fingerprint density at radius 2 is 1.89 bits per heavy atom. The summed E-state index contributed by atoms with van der Waals surface area (Å²) in [7, 11) is 0. The first-order chi connectivity index (χ1) is 16.9. The van der Waals surface area contributed by atoms with Gasteiger partial charge in [-0.05, 0) is 61.6 Å². The van der Waals surface area contributed by atoms with Gasteiger partial charge in [0.1, 0.15) is 0 Å². The molecule has 2 aromatic carbocycles. The minimum atomic E-state index is -0.0271. The van der Waals surface area contributed by atoms with Gasteiger partial charge in [-0.25, -0.2) is 4.85 Å². The van der Waals surface area contributed by atoms with E-state index in [1.807, 2.05) is 24.0 Å². The van der Waals surface area contributed by atoms with E-state index in [2.05, 4.69) is 16.7 Å². The number of amides is 1. The lowest BCUT2D eigenvalue weighted by Gasteiger charge is -2.42. The van der Waals surface area contributed by atoms with Gasteiger partial charge < -0.3 is 9.64 Å². The molecule has 2 heterocycles. The number of hydrogen-bond acceptors (Lipinski definition) is 4. The zero-order valence-corrected chi connectivity index (χ0v) is 21.2. The van der Waals surface area contributed by atoms with Gasteiger partial charge in [-0.1, -0.05) is 29.8 Å². The molecule has 0 N–H and O–H groups in total. The number of carbonyl (C=O) groups is 2. The third kappa shape index (κ3) is 6.10. The van der Waals surface area contributed by atoms with Crippen LogP contribution in [0.2, 0.25) is 5.02 Å². The van der Waals surface area contributed by atoms with Crippen molar-refractivity contribution in [3.63, 3.8) is 0 Å². The van der Waals surface area contributed by atoms with Crippen LogP contribution in [0.3, 0.4) is 0 Å². The maximum atomic E-state index is 13.0. The lowest BCUT2D eigenvalue weighted by molar-refractivity contribution is -0.143. The van der Waals surface area contributed by atoms with Crippen LogP contribution >= 0.6 is 11.6 Å². The Labute approximate surface area is 212 Å². The van der Waals surface area contributed by atoms with E-state index in [1.54, 1.807) is 24.3 Å². The van der Waals surface area contributed by atoms with E-state index in [-0.39, 0.29) is 30.1 Å². The summed E-state index contributed by atoms with van der Waals surface area (Å²) in [5.41, 5.74) is 4.08. The summed E-state index contributed by atoms with van der Waals surface area (Å²) >= 11 is 6.46. The molecular weight excluding hydrogens is 462 g/mol. The summed E-state index contributed by atoms with van der Waals surface area (Å²) in [6.45, 7) is 15.8. The maximum absolute atomic E-state index is 13.0. The predicted molar refractivity (Wildman–Crippen MR) is 137 cm³/mol. The summed E-state index contributed by atoms with van der Waals surface area (Å²) in [5.74, 6) is 0.326. The lowest BCUT2D eigenvalue weighted by Crippen LogP contribution is -2.55. The van der Waals surface area contributed by atoms with Crippen molar-refractivity contribution in [3.8, 4) is 0 Å². The highest BCUT2D eigenvalue weighted by Gasteiger charge is 2.32. The normalized spacial score (nSPS) is 19.4. The summed E-state index contributed by atoms with van der Waals surface area (Å²) in [4.78, 5) is 33.8. The van der Waals surface area contributed by atoms with Crippen LogP contribution in [0, 0.1) is 19.4 Å². The molecule has 2 fully saturated rings. The van der Waals surface area contributed by atoms with Gasteiger partial charge >= 0.3 is 0 Å². The van der Waals surface area contributed by atoms with Gasteiger partial charge in [-0.15, -0.1) is 0 Å². The smallest absolute Gasteiger partial charge is 0.226 e. The number of piperazine rings is 1. The molecule has 4 rings (SSSR count). The van der Waals surface area contributed by atoms with E-state index in [4.69, 9.17) is 22.9 Å². The highest BCUT2D eigenvalue weighted by Crippen LogP contribution is 2.26. The second-order valence-electron chi connectivity index (χ2n) is 9.61. The van der Waals surface area contributed by atoms with E-state index >= 15 is 0 Å². The summed E-state index contributed by atoms with van der Waals surface area (Å²) in [6, 6.07) is 10.8. The molecule has 0 aromatic heterocycles. The molecule has 2 aliphatic heterocycles. The monoisotopic (exact) mass is 493 g/mol. The largest absolute Gasteiger partial charge is 0.381 e. The molecule has 2 aliphatic rings. The number of halogens is 1. The van der Waals surface area contributed by atoms with Crippen LogP contribution in [0.15, 0.2) is 36.4 Å². The van der Waals surface area contributed by atoms with Crippen molar-refractivity contribution in [1.82, 2.24) is 9.80 Å². The van der Waals surface area contributed by atoms with Crippen molar-refractivity contribution >= 4 is 29.0 Å². The first-order valence-corrected chi connectivity index (χ1v) is 12.6. The highest BCUT2D eigenvalue weighted by atomic mass is 35.5. The number of hydrogen-bond donors (Lipinski definition) is 0. The summed E-state index contributed by atoms with van der Waals surface area (Å²) in [5, 5.41) is 0.615. The lowest BCUT2D eigenvalue weighted by atomic mass is 9.95. The van der Waals surface area contributed by atoms with Crippen LogP contribution in [0.4, 0.5) is 5.69 Å². The molecule has 0 bridgehead atoms. The molecule has 0 spiro atoms. The number of rotatable bonds is 6. The van der Waals surface area contributed by atoms with E-state index in [0.29, 0.717) is 29.5 Å². The van der Waals surface area contributed by atoms with Crippen molar-refractivity contribution in [2.75, 3.05) is 32.8 Å². The minimum Gasteiger partial charge on any atom is -0.381 e. The fourth-order valence-electron chi connectivity index (χ4n) is 5.09. The third-order valence-corrected chi connectivity index (χ3v) is 7.41. The van der Waals surface area contributed by atoms with Gasteiger partial charge in [-0.3, -0.25) is 14.5 Å². The van der Waals surface area contributed by atoms with Gasteiger partial charge in [0.15, 0.2) is 11.5 Å². The molecule has 35 heavy (non-hydrogen) atoms. The molecule has 0 saturated carbocycles. The van der Waals surface area contributed by atoms with E-state index in [0.717, 1.165) is 55.7 Å². The summed E-state index contributed by atoms with van der Waals surface area (Å²) in [6.07, 6.45) is 1.87. The van der Waals surface area contributed by atoms with E-state index in [1.165, 1.54) is 0 Å². The molecule has 6 nitrogen and oxygen atoms in total.